The van der Waals surface area contributed by atoms with Crippen LogP contribution in [0.25, 0.3) is 0 Å². The number of nitrogens with one attached hydrogen (secondary N) is 2. The maximum atomic E-state index is 13.5. The third-order valence-electron chi connectivity index (χ3n) is 3.51. The van der Waals surface area contributed by atoms with Crippen LogP contribution in [0.1, 0.15) is 36.0 Å². The zero-order valence-corrected chi connectivity index (χ0v) is 10.9. The van der Waals surface area contributed by atoms with E-state index in [2.05, 4.69) is 10.6 Å². The summed E-state index contributed by atoms with van der Waals surface area (Å²) >= 11 is 0. The van der Waals surface area contributed by atoms with Crippen LogP contribution in [0.3, 0.4) is 0 Å². The number of carbonyl (C=O) groups is 2. The zero-order chi connectivity index (χ0) is 14.5. The quantitative estimate of drug-likeness (QED) is 0.793. The van der Waals surface area contributed by atoms with E-state index in [4.69, 9.17) is 5.11 Å². The largest absolute Gasteiger partial charge is 0.465 e. The van der Waals surface area contributed by atoms with E-state index in [1.165, 1.54) is 18.2 Å². The Morgan fingerprint density at radius 3 is 2.15 bits per heavy atom. The van der Waals surface area contributed by atoms with Crippen molar-refractivity contribution < 1.29 is 19.1 Å². The highest BCUT2D eigenvalue weighted by atomic mass is 19.1. The Hall–Kier alpha value is -2.11. The van der Waals surface area contributed by atoms with Crippen LogP contribution in [0.5, 0.6) is 0 Å². The number of hydrogen-bond acceptors (Lipinski definition) is 2. The molecule has 0 bridgehead atoms. The average Bonchev–Trinajstić information content (AvgIpc) is 2.41. The third kappa shape index (κ3) is 3.69. The molecule has 0 spiro atoms. The lowest BCUT2D eigenvalue weighted by Gasteiger charge is -2.28. The molecular weight excluding hydrogens is 263 g/mol. The third-order valence-corrected chi connectivity index (χ3v) is 3.51. The molecule has 1 aromatic carbocycles. The lowest BCUT2D eigenvalue weighted by atomic mass is 9.91. The Bertz CT molecular complexity index is 499. The zero-order valence-electron chi connectivity index (χ0n) is 10.9. The maximum absolute atomic E-state index is 13.5. The number of rotatable bonds is 3. The molecule has 108 valence electrons. The van der Waals surface area contributed by atoms with Crippen molar-refractivity contribution >= 4 is 12.0 Å². The number of carboxylic acid groups (broad SMARTS) is 1. The summed E-state index contributed by atoms with van der Waals surface area (Å²) in [6.07, 6.45) is 1.70. The van der Waals surface area contributed by atoms with Gasteiger partial charge in [0, 0.05) is 12.1 Å². The molecule has 0 atom stereocenters. The molecule has 1 fully saturated rings. The van der Waals surface area contributed by atoms with Gasteiger partial charge in [0.05, 0.1) is 5.56 Å². The second kappa shape index (κ2) is 6.36. The molecule has 3 N–H and O–H groups in total. The molecule has 0 aliphatic heterocycles. The maximum Gasteiger partial charge on any atom is 0.404 e. The lowest BCUT2D eigenvalue weighted by molar-refractivity contribution is 0.0919. The molecule has 0 unspecified atom stereocenters. The minimum atomic E-state index is -1.02. The van der Waals surface area contributed by atoms with Crippen molar-refractivity contribution in [2.24, 2.45) is 0 Å². The van der Waals surface area contributed by atoms with Crippen molar-refractivity contribution in [1.29, 1.82) is 0 Å². The Kier molecular flexibility index (Phi) is 4.55. The van der Waals surface area contributed by atoms with Crippen LogP contribution in [-0.4, -0.2) is 29.2 Å². The molecular formula is C14H17FN2O3. The Balaban J connectivity index is 1.85. The second-order valence-corrected chi connectivity index (χ2v) is 4.95. The van der Waals surface area contributed by atoms with Gasteiger partial charge >= 0.3 is 6.09 Å². The van der Waals surface area contributed by atoms with Crippen molar-refractivity contribution in [2.45, 2.75) is 37.8 Å². The number of hydrogen-bond donors (Lipinski definition) is 3. The van der Waals surface area contributed by atoms with Crippen LogP contribution in [0.4, 0.5) is 9.18 Å². The lowest BCUT2D eigenvalue weighted by Crippen LogP contribution is -2.43. The molecule has 0 saturated heterocycles. The first kappa shape index (κ1) is 14.3. The van der Waals surface area contributed by atoms with Crippen LogP contribution in [-0.2, 0) is 0 Å². The van der Waals surface area contributed by atoms with E-state index in [0.717, 1.165) is 0 Å². The van der Waals surface area contributed by atoms with Crippen LogP contribution in [0.15, 0.2) is 24.3 Å². The normalized spacial score (nSPS) is 22.1. The molecule has 20 heavy (non-hydrogen) atoms. The molecule has 2 rings (SSSR count). The molecule has 1 saturated carbocycles. The summed E-state index contributed by atoms with van der Waals surface area (Å²) in [6, 6.07) is 5.76. The predicted octanol–water partition coefficient (Wildman–Crippen LogP) is 2.13. The summed E-state index contributed by atoms with van der Waals surface area (Å²) in [5.74, 6) is -0.955. The standard InChI is InChI=1S/C14H17FN2O3/c15-12-4-2-1-3-11(12)13(18)16-9-5-7-10(8-6-9)17-14(19)20/h1-4,9-10,17H,5-8H2,(H,16,18)(H,19,20). The Morgan fingerprint density at radius 2 is 1.60 bits per heavy atom. The second-order valence-electron chi connectivity index (χ2n) is 4.95. The topological polar surface area (TPSA) is 78.4 Å². The predicted molar refractivity (Wildman–Crippen MR) is 71.1 cm³/mol. The Morgan fingerprint density at radius 1 is 1.05 bits per heavy atom. The number of halogens is 1. The summed E-state index contributed by atoms with van der Waals surface area (Å²) in [4.78, 5) is 22.5. The number of carbonyl (C=O) groups excluding carboxylic acids is 1. The van der Waals surface area contributed by atoms with Gasteiger partial charge in [-0.05, 0) is 37.8 Å². The van der Waals surface area contributed by atoms with Crippen molar-refractivity contribution in [2.75, 3.05) is 0 Å². The van der Waals surface area contributed by atoms with Crippen molar-refractivity contribution in [3.05, 3.63) is 35.6 Å². The minimum Gasteiger partial charge on any atom is -0.465 e. The van der Waals surface area contributed by atoms with Crippen molar-refractivity contribution in [3.8, 4) is 0 Å². The van der Waals surface area contributed by atoms with Gasteiger partial charge in [0.1, 0.15) is 5.82 Å². The van der Waals surface area contributed by atoms with Crippen LogP contribution < -0.4 is 10.6 Å². The number of benzene rings is 1. The van der Waals surface area contributed by atoms with E-state index >= 15 is 0 Å². The first-order chi connectivity index (χ1) is 9.56. The van der Waals surface area contributed by atoms with Gasteiger partial charge in [-0.25, -0.2) is 9.18 Å². The molecule has 1 aliphatic carbocycles. The molecule has 6 heteroatoms. The van der Waals surface area contributed by atoms with E-state index < -0.39 is 17.8 Å². The highest BCUT2D eigenvalue weighted by molar-refractivity contribution is 5.94. The molecule has 1 aliphatic rings. The fourth-order valence-corrected chi connectivity index (χ4v) is 2.47. The van der Waals surface area contributed by atoms with E-state index in [0.29, 0.717) is 25.7 Å². The van der Waals surface area contributed by atoms with Crippen LogP contribution >= 0.6 is 0 Å². The smallest absolute Gasteiger partial charge is 0.404 e. The number of amides is 2. The van der Waals surface area contributed by atoms with E-state index in [-0.39, 0.29) is 17.6 Å². The van der Waals surface area contributed by atoms with E-state index in [1.807, 2.05) is 0 Å². The van der Waals surface area contributed by atoms with Crippen LogP contribution in [0, 0.1) is 5.82 Å². The van der Waals surface area contributed by atoms with Gasteiger partial charge in [0.15, 0.2) is 0 Å². The first-order valence-corrected chi connectivity index (χ1v) is 6.61. The fraction of sp³-hybridized carbons (Fsp3) is 0.429. The molecule has 0 radical (unpaired) electrons. The minimum absolute atomic E-state index is 0.0334. The fourth-order valence-electron chi connectivity index (χ4n) is 2.47. The van der Waals surface area contributed by atoms with Crippen molar-refractivity contribution in [1.82, 2.24) is 10.6 Å². The molecule has 2 amide bonds. The van der Waals surface area contributed by atoms with Gasteiger partial charge < -0.3 is 15.7 Å². The summed E-state index contributed by atoms with van der Waals surface area (Å²) in [6.45, 7) is 0. The van der Waals surface area contributed by atoms with Gasteiger partial charge in [-0.3, -0.25) is 4.79 Å². The highest BCUT2D eigenvalue weighted by Crippen LogP contribution is 2.19. The van der Waals surface area contributed by atoms with Gasteiger partial charge in [-0.1, -0.05) is 12.1 Å². The summed E-state index contributed by atoms with van der Waals surface area (Å²) in [5.41, 5.74) is 0.0401. The average molecular weight is 280 g/mol. The van der Waals surface area contributed by atoms with E-state index in [1.54, 1.807) is 6.07 Å². The monoisotopic (exact) mass is 280 g/mol. The molecule has 5 nitrogen and oxygen atoms in total. The van der Waals surface area contributed by atoms with Crippen molar-refractivity contribution in [3.63, 3.8) is 0 Å². The Labute approximate surface area is 116 Å². The first-order valence-electron chi connectivity index (χ1n) is 6.61. The van der Waals surface area contributed by atoms with Gasteiger partial charge in [0.25, 0.3) is 5.91 Å². The molecule has 0 aromatic heterocycles. The molecule has 1 aromatic rings. The SMILES string of the molecule is O=C(O)NC1CCC(NC(=O)c2ccccc2F)CC1. The van der Waals surface area contributed by atoms with Gasteiger partial charge in [-0.2, -0.15) is 0 Å². The summed E-state index contributed by atoms with van der Waals surface area (Å²) in [7, 11) is 0. The van der Waals surface area contributed by atoms with Gasteiger partial charge in [0.2, 0.25) is 0 Å². The summed E-state index contributed by atoms with van der Waals surface area (Å²) < 4.78 is 13.5. The van der Waals surface area contributed by atoms with Gasteiger partial charge in [-0.15, -0.1) is 0 Å². The van der Waals surface area contributed by atoms with E-state index in [9.17, 15) is 14.0 Å². The molecule has 0 heterocycles. The highest BCUT2D eigenvalue weighted by Gasteiger charge is 2.24. The van der Waals surface area contributed by atoms with Crippen LogP contribution in [0.2, 0.25) is 0 Å². The summed E-state index contributed by atoms with van der Waals surface area (Å²) in [5, 5.41) is 13.9.